The molecule has 2 aliphatic rings. The lowest BCUT2D eigenvalue weighted by atomic mass is 9.80. The summed E-state index contributed by atoms with van der Waals surface area (Å²) in [5.74, 6) is -0.885. The summed E-state index contributed by atoms with van der Waals surface area (Å²) in [7, 11) is 1.58. The number of likely N-dealkylation sites (N-methyl/N-ethyl adjacent to an activating group) is 1. The highest BCUT2D eigenvalue weighted by atomic mass is 16.2. The lowest BCUT2D eigenvalue weighted by molar-refractivity contribution is -0.136. The van der Waals surface area contributed by atoms with Crippen LogP contribution in [-0.4, -0.2) is 58.2 Å². The van der Waals surface area contributed by atoms with Crippen molar-refractivity contribution >= 4 is 34.3 Å². The third-order valence-electron chi connectivity index (χ3n) is 7.70. The van der Waals surface area contributed by atoms with Gasteiger partial charge in [-0.25, -0.2) is 0 Å². The fourth-order valence-electron chi connectivity index (χ4n) is 5.75. The van der Waals surface area contributed by atoms with Crippen molar-refractivity contribution in [1.82, 2.24) is 14.8 Å². The number of hydrogen-bond acceptors (Lipinski definition) is 5. The number of anilines is 1. The number of fused-ring (bicyclic) bond motifs is 3. The maximum atomic E-state index is 14.1. The second kappa shape index (κ2) is 9.35. The first-order valence-electron chi connectivity index (χ1n) is 12.6. The van der Waals surface area contributed by atoms with E-state index in [-0.39, 0.29) is 36.4 Å². The number of carbonyl (C=O) groups is 3. The summed E-state index contributed by atoms with van der Waals surface area (Å²) in [4.78, 5) is 46.7. The van der Waals surface area contributed by atoms with Crippen LogP contribution in [0.25, 0.3) is 10.9 Å². The first kappa shape index (κ1) is 25.0. The van der Waals surface area contributed by atoms with Gasteiger partial charge in [0.15, 0.2) is 0 Å². The van der Waals surface area contributed by atoms with E-state index < -0.39 is 23.4 Å². The van der Waals surface area contributed by atoms with Crippen LogP contribution in [0.4, 0.5) is 5.69 Å². The van der Waals surface area contributed by atoms with Crippen LogP contribution in [0.15, 0.2) is 48.5 Å². The predicted molar refractivity (Wildman–Crippen MR) is 141 cm³/mol. The van der Waals surface area contributed by atoms with Gasteiger partial charge in [-0.15, -0.1) is 0 Å². The second-order valence-corrected chi connectivity index (χ2v) is 10.5. The van der Waals surface area contributed by atoms with Crippen molar-refractivity contribution in [2.24, 2.45) is 5.92 Å². The van der Waals surface area contributed by atoms with Crippen molar-refractivity contribution < 1.29 is 14.4 Å². The average molecular weight is 509 g/mol. The number of nitrogens with one attached hydrogen (secondary N) is 2. The second-order valence-electron chi connectivity index (χ2n) is 10.5. The Morgan fingerprint density at radius 2 is 1.95 bits per heavy atom. The fourth-order valence-corrected chi connectivity index (χ4v) is 5.75. The van der Waals surface area contributed by atoms with E-state index in [0.717, 1.165) is 5.56 Å². The van der Waals surface area contributed by atoms with Gasteiger partial charge in [0.1, 0.15) is 17.8 Å². The Kier molecular flexibility index (Phi) is 6.16. The quantitative estimate of drug-likeness (QED) is 0.544. The summed E-state index contributed by atoms with van der Waals surface area (Å²) in [6.45, 7) is 4.00. The molecule has 0 saturated carbocycles. The molecule has 2 N–H and O–H groups in total. The number of H-pyrrole nitrogens is 1. The lowest BCUT2D eigenvalue weighted by Gasteiger charge is -2.33. The van der Waals surface area contributed by atoms with Gasteiger partial charge >= 0.3 is 0 Å². The van der Waals surface area contributed by atoms with Crippen LogP contribution < -0.4 is 5.32 Å². The number of carbonyl (C=O) groups excluding carboxylic acids is 3. The number of amides is 3. The van der Waals surface area contributed by atoms with E-state index in [4.69, 9.17) is 0 Å². The molecule has 5 rings (SSSR count). The highest BCUT2D eigenvalue weighted by molar-refractivity contribution is 6.07. The molecule has 3 amide bonds. The average Bonchev–Trinajstić information content (AvgIpc) is 3.60. The van der Waals surface area contributed by atoms with Crippen molar-refractivity contribution in [2.45, 2.75) is 44.2 Å². The summed E-state index contributed by atoms with van der Waals surface area (Å²) in [5.41, 5.74) is 1.86. The zero-order chi connectivity index (χ0) is 27.2. The van der Waals surface area contributed by atoms with Crippen molar-refractivity contribution in [3.05, 3.63) is 65.4 Å². The summed E-state index contributed by atoms with van der Waals surface area (Å²) in [6.07, 6.45) is 0.582. The van der Waals surface area contributed by atoms with E-state index in [1.807, 2.05) is 38.1 Å². The summed E-state index contributed by atoms with van der Waals surface area (Å²) >= 11 is 0. The molecule has 1 spiro atoms. The van der Waals surface area contributed by atoms with Crippen LogP contribution in [-0.2, 0) is 15.0 Å². The van der Waals surface area contributed by atoms with E-state index >= 15 is 0 Å². The number of aromatic nitrogens is 1. The molecular weight excluding hydrogens is 480 g/mol. The lowest BCUT2D eigenvalue weighted by Crippen LogP contribution is -2.52. The Labute approximate surface area is 220 Å². The molecule has 0 radical (unpaired) electrons. The van der Waals surface area contributed by atoms with Gasteiger partial charge in [0.2, 0.25) is 11.8 Å². The van der Waals surface area contributed by atoms with Crippen molar-refractivity contribution in [3.63, 3.8) is 0 Å². The molecule has 1 fully saturated rings. The SMILES string of the molecule is CC(C)C[C@@H](C(=O)N1C[C@]2(CC1C#N)C(=O)Nc1ccccc12)N(C)C(=O)c1cc2c(C#N)cccc2[nH]1. The molecule has 1 aromatic heterocycles. The molecule has 0 bridgehead atoms. The van der Waals surface area contributed by atoms with Crippen LogP contribution in [0, 0.1) is 28.6 Å². The molecule has 3 aromatic rings. The standard InChI is InChI=1S/C29H28N6O3/c1-17(2)11-25(34(3)26(36)24-12-20-18(14-30)7-6-10-22(20)32-24)27(37)35-16-29(13-19(35)15-31)21-8-4-5-9-23(21)33-28(29)38/h4-10,12,17,19,25,32H,11,13,16H2,1-3H3,(H,33,38)/t19?,25-,29-/m0/s1. The van der Waals surface area contributed by atoms with E-state index in [1.165, 1.54) is 9.80 Å². The third-order valence-corrected chi connectivity index (χ3v) is 7.70. The minimum Gasteiger partial charge on any atom is -0.350 e. The van der Waals surface area contributed by atoms with Gasteiger partial charge in [-0.05, 0) is 42.2 Å². The predicted octanol–water partition coefficient (Wildman–Crippen LogP) is 3.54. The minimum atomic E-state index is -0.998. The molecule has 3 atom stereocenters. The fraction of sp³-hybridized carbons (Fsp3) is 0.345. The largest absolute Gasteiger partial charge is 0.350 e. The van der Waals surface area contributed by atoms with E-state index in [9.17, 15) is 24.9 Å². The molecule has 0 aliphatic carbocycles. The van der Waals surface area contributed by atoms with Gasteiger partial charge < -0.3 is 20.1 Å². The zero-order valence-corrected chi connectivity index (χ0v) is 21.5. The van der Waals surface area contributed by atoms with Crippen LogP contribution in [0.3, 0.4) is 0 Å². The number of likely N-dealkylation sites (tertiary alicyclic amines) is 1. The summed E-state index contributed by atoms with van der Waals surface area (Å²) in [6, 6.07) is 16.9. The highest BCUT2D eigenvalue weighted by Gasteiger charge is 2.56. The topological polar surface area (TPSA) is 133 Å². The number of benzene rings is 2. The Bertz CT molecular complexity index is 1540. The number of aromatic amines is 1. The number of rotatable bonds is 5. The van der Waals surface area contributed by atoms with Crippen molar-refractivity contribution in [1.29, 1.82) is 10.5 Å². The van der Waals surface area contributed by atoms with Crippen LogP contribution in [0.1, 0.15) is 48.3 Å². The molecular formula is C29H28N6O3. The van der Waals surface area contributed by atoms with Gasteiger partial charge in [0, 0.05) is 36.6 Å². The van der Waals surface area contributed by atoms with E-state index in [2.05, 4.69) is 22.4 Å². The Balaban J connectivity index is 1.47. The van der Waals surface area contributed by atoms with Gasteiger partial charge in [-0.1, -0.05) is 38.1 Å². The number of nitriles is 2. The molecule has 192 valence electrons. The first-order chi connectivity index (χ1) is 18.2. The zero-order valence-electron chi connectivity index (χ0n) is 21.5. The molecule has 1 saturated heterocycles. The van der Waals surface area contributed by atoms with Gasteiger partial charge in [0.05, 0.1) is 23.1 Å². The van der Waals surface area contributed by atoms with Crippen LogP contribution in [0.5, 0.6) is 0 Å². The van der Waals surface area contributed by atoms with Crippen LogP contribution >= 0.6 is 0 Å². The van der Waals surface area contributed by atoms with Crippen LogP contribution in [0.2, 0.25) is 0 Å². The Morgan fingerprint density at radius 1 is 1.18 bits per heavy atom. The van der Waals surface area contributed by atoms with E-state index in [1.54, 1.807) is 31.3 Å². The maximum Gasteiger partial charge on any atom is 0.270 e. The smallest absolute Gasteiger partial charge is 0.270 e. The summed E-state index contributed by atoms with van der Waals surface area (Å²) < 4.78 is 0. The number of para-hydroxylation sites is 1. The van der Waals surface area contributed by atoms with Crippen molar-refractivity contribution in [3.8, 4) is 12.1 Å². The van der Waals surface area contributed by atoms with Gasteiger partial charge in [-0.3, -0.25) is 14.4 Å². The molecule has 1 unspecified atom stereocenters. The highest BCUT2D eigenvalue weighted by Crippen LogP contribution is 2.46. The Morgan fingerprint density at radius 3 is 2.66 bits per heavy atom. The normalized spacial score (nSPS) is 20.7. The molecule has 3 heterocycles. The minimum absolute atomic E-state index is 0.0709. The molecule has 2 aromatic carbocycles. The number of hydrogen-bond donors (Lipinski definition) is 2. The molecule has 9 nitrogen and oxygen atoms in total. The molecule has 38 heavy (non-hydrogen) atoms. The maximum absolute atomic E-state index is 14.1. The van der Waals surface area contributed by atoms with Gasteiger partial charge in [-0.2, -0.15) is 10.5 Å². The first-order valence-corrected chi connectivity index (χ1v) is 12.6. The molecule has 2 aliphatic heterocycles. The Hall–Kier alpha value is -4.63. The van der Waals surface area contributed by atoms with Crippen molar-refractivity contribution in [2.75, 3.05) is 18.9 Å². The monoisotopic (exact) mass is 508 g/mol. The van der Waals surface area contributed by atoms with E-state index in [0.29, 0.717) is 28.6 Å². The van der Waals surface area contributed by atoms with Gasteiger partial charge in [0.25, 0.3) is 5.91 Å². The molecule has 9 heteroatoms. The number of nitrogens with zero attached hydrogens (tertiary/aromatic N) is 4. The third kappa shape index (κ3) is 3.88. The summed E-state index contributed by atoms with van der Waals surface area (Å²) in [5, 5.41) is 23.0.